The molecule has 1 aliphatic rings. The molecule has 0 saturated heterocycles. The molecule has 1 aromatic rings. The molecule has 0 spiro atoms. The molecule has 1 aliphatic carbocycles. The first-order valence-corrected chi connectivity index (χ1v) is 4.98. The molecule has 0 atom stereocenters. The fourth-order valence-corrected chi connectivity index (χ4v) is 1.97. The van der Waals surface area contributed by atoms with Crippen LogP contribution in [0.5, 0.6) is 5.88 Å². The Bertz CT molecular complexity index is 341. The van der Waals surface area contributed by atoms with Crippen LogP contribution in [0.15, 0.2) is 6.07 Å². The summed E-state index contributed by atoms with van der Waals surface area (Å²) in [4.78, 5) is 12.5. The van der Waals surface area contributed by atoms with Crippen molar-refractivity contribution < 1.29 is 9.53 Å². The average Bonchev–Trinajstić information content (AvgIpc) is 2.71. The van der Waals surface area contributed by atoms with Gasteiger partial charge in [0.2, 0.25) is 5.88 Å². The molecule has 0 aromatic carbocycles. The van der Waals surface area contributed by atoms with Gasteiger partial charge in [0.05, 0.1) is 12.0 Å². The van der Waals surface area contributed by atoms with Crippen molar-refractivity contribution in [1.29, 1.82) is 0 Å². The number of aromatic nitrogens is 1. The number of ether oxygens (including phenoxy) is 1. The number of hydrogen-bond donors (Lipinski definition) is 0. The average molecular weight is 197 g/mol. The Hall–Kier alpha value is -0.900. The first kappa shape index (κ1) is 8.69. The van der Waals surface area contributed by atoms with Gasteiger partial charge >= 0.3 is 0 Å². The van der Waals surface area contributed by atoms with Crippen LogP contribution in [0.4, 0.5) is 0 Å². The smallest absolute Gasteiger partial charge is 0.225 e. The van der Waals surface area contributed by atoms with Gasteiger partial charge in [-0.1, -0.05) is 6.92 Å². The first-order chi connectivity index (χ1) is 6.15. The van der Waals surface area contributed by atoms with Crippen LogP contribution in [0.3, 0.4) is 0 Å². The molecule has 1 fully saturated rings. The van der Waals surface area contributed by atoms with Crippen LogP contribution in [0, 0.1) is 5.41 Å². The van der Waals surface area contributed by atoms with Crippen molar-refractivity contribution in [3.05, 3.63) is 10.9 Å². The van der Waals surface area contributed by atoms with Gasteiger partial charge in [-0.05, 0) is 24.4 Å². The van der Waals surface area contributed by atoms with Gasteiger partial charge in [0, 0.05) is 11.5 Å². The largest absolute Gasteiger partial charge is 0.480 e. The third-order valence-electron chi connectivity index (χ3n) is 2.47. The maximum absolute atomic E-state index is 11.8. The van der Waals surface area contributed by atoms with E-state index in [-0.39, 0.29) is 11.2 Å². The molecule has 0 aliphatic heterocycles. The second kappa shape index (κ2) is 2.80. The van der Waals surface area contributed by atoms with Crippen molar-refractivity contribution in [1.82, 2.24) is 4.37 Å². The van der Waals surface area contributed by atoms with Gasteiger partial charge in [0.25, 0.3) is 0 Å². The SMILES string of the molecule is COc1cc(C(=O)C2(C)CC2)sn1. The van der Waals surface area contributed by atoms with Crippen LogP contribution in [-0.2, 0) is 0 Å². The van der Waals surface area contributed by atoms with Crippen molar-refractivity contribution >= 4 is 17.3 Å². The van der Waals surface area contributed by atoms with Crippen LogP contribution in [0.1, 0.15) is 29.4 Å². The topological polar surface area (TPSA) is 39.2 Å². The highest BCUT2D eigenvalue weighted by Gasteiger charge is 2.45. The lowest BCUT2D eigenvalue weighted by Gasteiger charge is -2.01. The summed E-state index contributed by atoms with van der Waals surface area (Å²) >= 11 is 1.22. The summed E-state index contributed by atoms with van der Waals surface area (Å²) < 4.78 is 8.92. The number of Topliss-reactive ketones (excluding diaryl/α,β-unsaturated/α-hetero) is 1. The highest BCUT2D eigenvalue weighted by Crippen LogP contribution is 2.48. The summed E-state index contributed by atoms with van der Waals surface area (Å²) in [6.45, 7) is 2.00. The highest BCUT2D eigenvalue weighted by atomic mass is 32.1. The second-order valence-electron chi connectivity index (χ2n) is 3.62. The number of nitrogens with zero attached hydrogens (tertiary/aromatic N) is 1. The molecule has 70 valence electrons. The van der Waals surface area contributed by atoms with Crippen molar-refractivity contribution in [3.8, 4) is 5.88 Å². The fraction of sp³-hybridized carbons (Fsp3) is 0.556. The Labute approximate surface area is 80.9 Å². The maximum Gasteiger partial charge on any atom is 0.225 e. The quantitative estimate of drug-likeness (QED) is 0.697. The highest BCUT2D eigenvalue weighted by molar-refractivity contribution is 7.08. The van der Waals surface area contributed by atoms with Crippen LogP contribution < -0.4 is 4.74 Å². The normalized spacial score (nSPS) is 18.3. The van der Waals surface area contributed by atoms with E-state index >= 15 is 0 Å². The minimum atomic E-state index is -0.0997. The number of methoxy groups -OCH3 is 1. The molecule has 3 nitrogen and oxygen atoms in total. The Kier molecular flexibility index (Phi) is 1.87. The van der Waals surface area contributed by atoms with E-state index in [9.17, 15) is 4.79 Å². The van der Waals surface area contributed by atoms with Crippen LogP contribution in [-0.4, -0.2) is 17.3 Å². The van der Waals surface area contributed by atoms with Crippen molar-refractivity contribution in [2.45, 2.75) is 19.8 Å². The van der Waals surface area contributed by atoms with Gasteiger partial charge in [-0.2, -0.15) is 4.37 Å². The molecule has 2 rings (SSSR count). The standard InChI is InChI=1S/C9H11NO2S/c1-9(3-4-9)8(11)6-5-7(12-2)10-13-6/h5H,3-4H2,1-2H3. The van der Waals surface area contributed by atoms with Crippen LogP contribution in [0.25, 0.3) is 0 Å². The first-order valence-electron chi connectivity index (χ1n) is 4.21. The summed E-state index contributed by atoms with van der Waals surface area (Å²) in [6, 6.07) is 1.72. The molecular formula is C9H11NO2S. The number of rotatable bonds is 3. The maximum atomic E-state index is 11.8. The number of hydrogen-bond acceptors (Lipinski definition) is 4. The van der Waals surface area contributed by atoms with Gasteiger partial charge < -0.3 is 4.74 Å². The second-order valence-corrected chi connectivity index (χ2v) is 4.43. The molecule has 0 N–H and O–H groups in total. The molecule has 0 radical (unpaired) electrons. The molecule has 4 heteroatoms. The molecule has 0 unspecified atom stereocenters. The van der Waals surface area contributed by atoms with E-state index in [0.717, 1.165) is 17.7 Å². The summed E-state index contributed by atoms with van der Waals surface area (Å²) in [6.07, 6.45) is 2.01. The molecule has 13 heavy (non-hydrogen) atoms. The van der Waals surface area contributed by atoms with Crippen molar-refractivity contribution in [2.75, 3.05) is 7.11 Å². The van der Waals surface area contributed by atoms with E-state index < -0.39 is 0 Å². The minimum Gasteiger partial charge on any atom is -0.480 e. The summed E-state index contributed by atoms with van der Waals surface area (Å²) in [5, 5.41) is 0. The molecule has 1 saturated carbocycles. The van der Waals surface area contributed by atoms with Gasteiger partial charge in [0.1, 0.15) is 0 Å². The van der Waals surface area contributed by atoms with Gasteiger partial charge in [-0.25, -0.2) is 0 Å². The summed E-state index contributed by atoms with van der Waals surface area (Å²) in [5.74, 6) is 0.755. The Balaban J connectivity index is 2.20. The van der Waals surface area contributed by atoms with Crippen molar-refractivity contribution in [2.24, 2.45) is 5.41 Å². The number of carbonyl (C=O) groups is 1. The van der Waals surface area contributed by atoms with Crippen LogP contribution in [0.2, 0.25) is 0 Å². The zero-order chi connectivity index (χ0) is 9.47. The van der Waals surface area contributed by atoms with Crippen LogP contribution >= 0.6 is 11.5 Å². The molecule has 0 bridgehead atoms. The lowest BCUT2D eigenvalue weighted by Crippen LogP contribution is -2.09. The zero-order valence-electron chi connectivity index (χ0n) is 7.66. The molecule has 1 aromatic heterocycles. The van der Waals surface area contributed by atoms with Gasteiger partial charge in [0.15, 0.2) is 5.78 Å². The predicted molar refractivity (Wildman–Crippen MR) is 50.3 cm³/mol. The number of carbonyl (C=O) groups excluding carboxylic acids is 1. The van der Waals surface area contributed by atoms with E-state index in [0.29, 0.717) is 5.88 Å². The third kappa shape index (κ3) is 1.46. The lowest BCUT2D eigenvalue weighted by molar-refractivity contribution is 0.0916. The van der Waals surface area contributed by atoms with E-state index in [2.05, 4.69) is 4.37 Å². The zero-order valence-corrected chi connectivity index (χ0v) is 8.48. The Morgan fingerprint density at radius 1 is 1.69 bits per heavy atom. The summed E-state index contributed by atoms with van der Waals surface area (Å²) in [5.41, 5.74) is -0.0997. The van der Waals surface area contributed by atoms with E-state index in [4.69, 9.17) is 4.74 Å². The van der Waals surface area contributed by atoms with E-state index in [1.165, 1.54) is 11.5 Å². The third-order valence-corrected chi connectivity index (χ3v) is 3.24. The number of ketones is 1. The van der Waals surface area contributed by atoms with Gasteiger partial charge in [-0.3, -0.25) is 4.79 Å². The monoisotopic (exact) mass is 197 g/mol. The summed E-state index contributed by atoms with van der Waals surface area (Å²) in [7, 11) is 1.56. The molecule has 1 heterocycles. The molecule has 0 amide bonds. The van der Waals surface area contributed by atoms with E-state index in [1.54, 1.807) is 13.2 Å². The van der Waals surface area contributed by atoms with Gasteiger partial charge in [-0.15, -0.1) is 0 Å². The fourth-order valence-electron chi connectivity index (χ4n) is 1.17. The Morgan fingerprint density at radius 3 is 2.85 bits per heavy atom. The van der Waals surface area contributed by atoms with E-state index in [1.807, 2.05) is 6.92 Å². The predicted octanol–water partition coefficient (Wildman–Crippen LogP) is 2.13. The minimum absolute atomic E-state index is 0.0997. The molecular weight excluding hydrogens is 186 g/mol. The lowest BCUT2D eigenvalue weighted by atomic mass is 10.0. The Morgan fingerprint density at radius 2 is 2.38 bits per heavy atom. The van der Waals surface area contributed by atoms with Crippen molar-refractivity contribution in [3.63, 3.8) is 0 Å².